The van der Waals surface area contributed by atoms with Gasteiger partial charge in [-0.2, -0.15) is 0 Å². The second-order valence-electron chi connectivity index (χ2n) is 24.9. The topological polar surface area (TPSA) is 462 Å². The first-order chi connectivity index (χ1) is 51.1. The third kappa shape index (κ3) is 20.5. The molecular weight excluding hydrogens is 1440 g/mol. The van der Waals surface area contributed by atoms with Gasteiger partial charge in [0.1, 0.15) is 66.0 Å². The number of nitrogens with zero attached hydrogens (tertiary/aromatic N) is 7. The minimum atomic E-state index is -5.34. The van der Waals surface area contributed by atoms with Crippen LogP contribution in [0.4, 0.5) is 5.69 Å². The van der Waals surface area contributed by atoms with Crippen LogP contribution in [0.5, 0.6) is 23.0 Å². The minimum Gasteiger partial charge on any atom is -0.497 e. The Morgan fingerprint density at radius 3 is 1.91 bits per heavy atom. The first-order valence-electron chi connectivity index (χ1n) is 34.0. The number of alkyl halides is 1. The van der Waals surface area contributed by atoms with Crippen LogP contribution in [0.15, 0.2) is 78.1 Å². The normalized spacial score (nSPS) is 22.7. The highest BCUT2D eigenvalue weighted by molar-refractivity contribution is 7.82. The molecule has 6 heterocycles. The van der Waals surface area contributed by atoms with Crippen LogP contribution in [0.1, 0.15) is 63.4 Å². The largest absolute Gasteiger partial charge is 0.501 e. The lowest BCUT2D eigenvalue weighted by Crippen LogP contribution is -2.60. The van der Waals surface area contributed by atoms with Gasteiger partial charge in [-0.25, -0.2) is 4.68 Å². The summed E-state index contributed by atoms with van der Waals surface area (Å²) in [5, 5.41) is 95.9. The number of hydrogen-bond acceptors (Lipinski definition) is 31. The molecule has 6 aromatic rings. The predicted molar refractivity (Wildman–Crippen MR) is 370 cm³/mol. The summed E-state index contributed by atoms with van der Waals surface area (Å²) in [5.74, 6) is -3.16. The average molecular weight is 1530 g/mol. The Balaban J connectivity index is 0.720. The molecule has 11 atom stereocenters. The number of methoxy groups -OCH3 is 1. The Bertz CT molecular complexity index is 4080. The minimum absolute atomic E-state index is 0.0122. The summed E-state index contributed by atoms with van der Waals surface area (Å²) in [6.45, 7) is 4.94. The summed E-state index contributed by atoms with van der Waals surface area (Å²) in [5.41, 5.74) is 2.63. The molecular formula is C68H87ClN8O28S. The van der Waals surface area contributed by atoms with E-state index in [1.807, 2.05) is 0 Å². The van der Waals surface area contributed by atoms with Gasteiger partial charge >= 0.3 is 10.4 Å². The van der Waals surface area contributed by atoms with Gasteiger partial charge < -0.3 is 121 Å². The molecule has 0 radical (unpaired) electrons. The third-order valence-electron chi connectivity index (χ3n) is 17.6. The van der Waals surface area contributed by atoms with Crippen LogP contribution in [-0.2, 0) is 80.6 Å². The quantitative estimate of drug-likeness (QED) is 0.00793. The molecule has 0 saturated carbocycles. The number of H-pyrrole nitrogens is 1. The highest BCUT2D eigenvalue weighted by Gasteiger charge is 2.47. The molecule has 0 aliphatic carbocycles. The van der Waals surface area contributed by atoms with E-state index in [2.05, 4.69) is 20.5 Å². The molecule has 38 heteroatoms. The number of ether oxygens (including phenoxy) is 11. The van der Waals surface area contributed by atoms with Gasteiger partial charge in [0.05, 0.1) is 144 Å². The number of aromatic amines is 1. The fraction of sp³-hybridized carbons (Fsp3) is 0.544. The number of carbonyl (C=O) groups excluding carboxylic acids is 4. The van der Waals surface area contributed by atoms with E-state index < -0.39 is 114 Å². The number of aliphatic hydroxyl groups excluding tert-OH is 8. The Labute approximate surface area is 612 Å². The molecule has 2 aromatic heterocycles. The number of amides is 4. The van der Waals surface area contributed by atoms with Gasteiger partial charge in [0.15, 0.2) is 17.2 Å². The zero-order chi connectivity index (χ0) is 75.6. The summed E-state index contributed by atoms with van der Waals surface area (Å²) in [6.07, 6.45) is -14.4. The number of likely N-dealkylation sites (tertiary alicyclic amines) is 1. The fourth-order valence-corrected chi connectivity index (χ4v) is 12.8. The number of halogens is 1. The van der Waals surface area contributed by atoms with Crippen LogP contribution in [0.3, 0.4) is 0 Å². The molecule has 580 valence electrons. The number of hydrogen-bond donors (Lipinski definition) is 9. The summed E-state index contributed by atoms with van der Waals surface area (Å²) in [7, 11) is -2.44. The fourth-order valence-electron chi connectivity index (χ4n) is 11.8. The van der Waals surface area contributed by atoms with E-state index >= 15 is 0 Å². The number of imide groups is 1. The van der Waals surface area contributed by atoms with Crippen LogP contribution in [0.25, 0.3) is 21.7 Å². The van der Waals surface area contributed by atoms with Gasteiger partial charge in [0.2, 0.25) is 18.1 Å². The van der Waals surface area contributed by atoms with Crippen molar-refractivity contribution in [1.82, 2.24) is 29.8 Å². The van der Waals surface area contributed by atoms with Crippen molar-refractivity contribution in [2.24, 2.45) is 5.16 Å². The van der Waals surface area contributed by atoms with Gasteiger partial charge in [-0.3, -0.25) is 24.1 Å². The van der Waals surface area contributed by atoms with E-state index in [9.17, 15) is 68.4 Å². The van der Waals surface area contributed by atoms with E-state index in [0.717, 1.165) is 12.1 Å². The van der Waals surface area contributed by atoms with Crippen LogP contribution >= 0.6 is 11.6 Å². The third-order valence-corrected chi connectivity index (χ3v) is 18.8. The molecule has 4 amide bonds. The van der Waals surface area contributed by atoms with Crippen molar-refractivity contribution >= 4 is 78.7 Å². The molecule has 0 spiro atoms. The van der Waals surface area contributed by atoms with E-state index in [-0.39, 0.29) is 110 Å². The molecule has 36 nitrogen and oxygen atoms in total. The van der Waals surface area contributed by atoms with Crippen LogP contribution in [0, 0.1) is 0 Å². The maximum absolute atomic E-state index is 14.8. The van der Waals surface area contributed by atoms with Crippen LogP contribution in [-0.4, -0.2) is 309 Å². The van der Waals surface area contributed by atoms with Crippen molar-refractivity contribution in [3.05, 3.63) is 101 Å². The van der Waals surface area contributed by atoms with E-state index in [0.29, 0.717) is 111 Å². The van der Waals surface area contributed by atoms with Crippen molar-refractivity contribution in [1.29, 1.82) is 0 Å². The lowest BCUT2D eigenvalue weighted by Gasteiger charge is -2.39. The maximum Gasteiger partial charge on any atom is 0.501 e. The van der Waals surface area contributed by atoms with Gasteiger partial charge in [-0.15, -0.1) is 25.1 Å². The average Bonchev–Trinajstić information content (AvgIpc) is 1.55. The molecule has 4 aromatic carbocycles. The summed E-state index contributed by atoms with van der Waals surface area (Å²) < 4.78 is 103. The molecule has 4 aliphatic rings. The number of aliphatic hydroxyl groups is 8. The second kappa shape index (κ2) is 38.3. The number of rotatable bonds is 41. The lowest BCUT2D eigenvalue weighted by atomic mass is 9.95. The van der Waals surface area contributed by atoms with Crippen LogP contribution < -0.4 is 22.7 Å². The summed E-state index contributed by atoms with van der Waals surface area (Å²) in [4.78, 5) is 64.6. The van der Waals surface area contributed by atoms with Gasteiger partial charge in [-0.1, -0.05) is 16.4 Å². The van der Waals surface area contributed by atoms with Crippen molar-refractivity contribution in [3.8, 4) is 23.0 Å². The predicted octanol–water partition coefficient (Wildman–Crippen LogP) is -0.137. The number of anilines is 1. The number of oxime groups is 1. The molecule has 106 heavy (non-hydrogen) atoms. The Hall–Kier alpha value is -7.87. The molecule has 9 N–H and O–H groups in total. The van der Waals surface area contributed by atoms with Crippen molar-refractivity contribution in [3.63, 3.8) is 0 Å². The Morgan fingerprint density at radius 2 is 1.26 bits per heavy atom. The van der Waals surface area contributed by atoms with Crippen molar-refractivity contribution in [2.45, 2.75) is 100 Å². The second-order valence-corrected chi connectivity index (χ2v) is 26.3. The zero-order valence-electron chi connectivity index (χ0n) is 58.2. The summed E-state index contributed by atoms with van der Waals surface area (Å²) in [6, 6.07) is 16.1. The molecule has 3 fully saturated rings. The van der Waals surface area contributed by atoms with Gasteiger partial charge in [-0.05, 0) is 78.0 Å². The highest BCUT2D eigenvalue weighted by atomic mass is 35.5. The number of nitrogens with one attached hydrogen (secondary N) is 1. The Kier molecular flexibility index (Phi) is 29.1. The Morgan fingerprint density at radius 1 is 0.670 bits per heavy atom. The van der Waals surface area contributed by atoms with E-state index in [1.54, 1.807) is 54.2 Å². The zero-order valence-corrected chi connectivity index (χ0v) is 59.8. The molecule has 2 unspecified atom stereocenters. The molecule has 0 bridgehead atoms. The lowest BCUT2D eigenvalue weighted by molar-refractivity contribution is -0.301. The number of carbonyl (C=O) groups is 4. The highest BCUT2D eigenvalue weighted by Crippen LogP contribution is 2.48. The number of benzene rings is 4. The van der Waals surface area contributed by atoms with Crippen LogP contribution in [0.2, 0.25) is 0 Å². The number of fused-ring (bicyclic) bond motifs is 4. The van der Waals surface area contributed by atoms with Gasteiger partial charge in [0.25, 0.3) is 18.1 Å². The number of aromatic nitrogens is 4. The summed E-state index contributed by atoms with van der Waals surface area (Å²) >= 11 is 6.65. The monoisotopic (exact) mass is 1530 g/mol. The van der Waals surface area contributed by atoms with Gasteiger partial charge in [0, 0.05) is 72.7 Å². The standard InChI is InChI=1S/C68H87ClN8O28S/c1-39(72-103-68-64(87)62(85)60(83)55(37-79)102-68)40-4-8-48-42(28-40)29-49(70-48)66(89)77-34-43(33-69)58-47-31-45(92-3)6-7-46(47)52(32-50(58)77)104-106(90,91)105-53-30-41(5-9-51(53)100-67-63(86)61(84)59(82)54(36-78)101-67)65(88)74(2)12-15-93-16-13-75-35-44(71-73-75)38-99-27-26-98-25-24-97-23-22-96-21-20-95-19-18-94-17-14-76-56(80)10-11-57(76)81/h4-9,28-32,35,43,54-55,59-64,67-68,70,78-79,82-87H,10-27,33-34,36-38H2,1-3H3/b72-39+/t43-,54-,55?,59+,60+,61+,62+,63-,64-,67-,68?/m1/s1. The molecule has 3 saturated heterocycles. The SMILES string of the molecule is COc1ccc2c(OS(=O)(=O)Oc3cc(C(=O)N(C)CCOCCn4cc(COCCOCCOCCOCCOCCOCCN5C(=O)CCC5=O)nn4)ccc3O[C@@H]3O[C@H](CO)[C@H](O)[C@H](O)[C@H]3O)cc3c(c2c1)[C@H](CCl)CN3C(=O)c1cc2cc(/C(C)=N/OC3OC(CO)[C@H](O)[C@H](O)[C@H]3O)ccc2[nH]1. The van der Waals surface area contributed by atoms with E-state index in [1.165, 1.54) is 47.1 Å². The first kappa shape index (κ1) is 80.7. The van der Waals surface area contributed by atoms with E-state index in [4.69, 9.17) is 76.9 Å². The first-order valence-corrected chi connectivity index (χ1v) is 35.9. The molecule has 4 aliphatic heterocycles. The van der Waals surface area contributed by atoms with Crippen molar-refractivity contribution in [2.75, 3.05) is 144 Å². The molecule has 10 rings (SSSR count). The smallest absolute Gasteiger partial charge is 0.497 e. The number of likely N-dealkylation sites (N-methyl/N-ethyl adjacent to an activating group) is 1. The van der Waals surface area contributed by atoms with Crippen molar-refractivity contribution < 1.29 is 134 Å². The maximum atomic E-state index is 14.8.